The minimum absolute atomic E-state index is 0.593. The Morgan fingerprint density at radius 1 is 1.10 bits per heavy atom. The Morgan fingerprint density at radius 2 is 1.80 bits per heavy atom. The van der Waals surface area contributed by atoms with Crippen LogP contribution in [0.25, 0.3) is 0 Å². The Labute approximate surface area is 124 Å². The molecule has 3 heteroatoms. The third-order valence-corrected chi connectivity index (χ3v) is 4.21. The van der Waals surface area contributed by atoms with E-state index < -0.39 is 6.10 Å². The number of hydrogen-bond acceptors (Lipinski definition) is 2. The molecule has 2 nitrogen and oxygen atoms in total. The minimum atomic E-state index is -0.593. The fraction of sp³-hybridized carbons (Fsp3) is 0.294. The second-order valence-corrected chi connectivity index (χ2v) is 5.80. The summed E-state index contributed by atoms with van der Waals surface area (Å²) in [5.41, 5.74) is 4.42. The maximum absolute atomic E-state index is 10.5. The third-order valence-electron chi connectivity index (χ3n) is 3.96. The van der Waals surface area contributed by atoms with Crippen LogP contribution in [0.2, 0.25) is 5.02 Å². The van der Waals surface area contributed by atoms with Crippen molar-refractivity contribution in [1.29, 1.82) is 0 Å². The maximum Gasteiger partial charge on any atom is 0.104 e. The van der Waals surface area contributed by atoms with Gasteiger partial charge in [-0.05, 0) is 47.7 Å². The van der Waals surface area contributed by atoms with Crippen molar-refractivity contribution in [3.8, 4) is 0 Å². The van der Waals surface area contributed by atoms with Crippen LogP contribution in [0.15, 0.2) is 42.5 Å². The predicted molar refractivity (Wildman–Crippen MR) is 83.5 cm³/mol. The fourth-order valence-corrected chi connectivity index (χ4v) is 2.94. The highest BCUT2D eigenvalue weighted by Crippen LogP contribution is 2.31. The van der Waals surface area contributed by atoms with Crippen LogP contribution in [-0.4, -0.2) is 18.7 Å². The summed E-state index contributed by atoms with van der Waals surface area (Å²) in [4.78, 5) is 2.28. The summed E-state index contributed by atoms with van der Waals surface area (Å²) in [5, 5.41) is 11.2. The van der Waals surface area contributed by atoms with Crippen LogP contribution in [0.5, 0.6) is 0 Å². The van der Waals surface area contributed by atoms with E-state index in [0.717, 1.165) is 24.1 Å². The van der Waals surface area contributed by atoms with Crippen molar-refractivity contribution in [1.82, 2.24) is 0 Å². The van der Waals surface area contributed by atoms with E-state index in [0.29, 0.717) is 5.02 Å². The van der Waals surface area contributed by atoms with Gasteiger partial charge in [-0.2, -0.15) is 0 Å². The van der Waals surface area contributed by atoms with Gasteiger partial charge in [-0.15, -0.1) is 0 Å². The van der Waals surface area contributed by atoms with Crippen molar-refractivity contribution in [2.24, 2.45) is 0 Å². The number of aryl methyl sites for hydroxylation is 1. The summed E-state index contributed by atoms with van der Waals surface area (Å²) < 4.78 is 0. The van der Waals surface area contributed by atoms with Gasteiger partial charge in [0.05, 0.1) is 0 Å². The molecule has 1 aliphatic heterocycles. The van der Waals surface area contributed by atoms with Gasteiger partial charge in [0.1, 0.15) is 6.10 Å². The van der Waals surface area contributed by atoms with E-state index in [9.17, 15) is 5.11 Å². The summed E-state index contributed by atoms with van der Waals surface area (Å²) in [7, 11) is 2.12. The summed E-state index contributed by atoms with van der Waals surface area (Å²) in [6.07, 6.45) is 1.66. The van der Waals surface area contributed by atoms with Crippen LogP contribution in [0.1, 0.15) is 29.2 Å². The van der Waals surface area contributed by atoms with E-state index in [4.69, 9.17) is 11.6 Å². The summed E-state index contributed by atoms with van der Waals surface area (Å²) in [5.74, 6) is 0. The molecule has 0 saturated carbocycles. The molecule has 0 radical (unpaired) electrons. The number of aliphatic hydroxyl groups is 1. The van der Waals surface area contributed by atoms with Gasteiger partial charge >= 0.3 is 0 Å². The second-order valence-electron chi connectivity index (χ2n) is 5.37. The Kier molecular flexibility index (Phi) is 3.68. The molecule has 2 aromatic carbocycles. The van der Waals surface area contributed by atoms with Gasteiger partial charge in [-0.3, -0.25) is 0 Å². The second kappa shape index (κ2) is 5.47. The van der Waals surface area contributed by atoms with Crippen molar-refractivity contribution in [2.45, 2.75) is 18.9 Å². The number of anilines is 1. The molecule has 0 aliphatic carbocycles. The van der Waals surface area contributed by atoms with Crippen LogP contribution < -0.4 is 4.90 Å². The normalized spacial score (nSPS) is 15.8. The van der Waals surface area contributed by atoms with Crippen molar-refractivity contribution in [3.05, 3.63) is 64.2 Å². The zero-order valence-corrected chi connectivity index (χ0v) is 12.3. The monoisotopic (exact) mass is 287 g/mol. The van der Waals surface area contributed by atoms with Crippen LogP contribution >= 0.6 is 11.6 Å². The number of rotatable bonds is 2. The lowest BCUT2D eigenvalue weighted by Crippen LogP contribution is -2.24. The molecule has 1 N–H and O–H groups in total. The smallest absolute Gasteiger partial charge is 0.104 e. The molecule has 1 atom stereocenters. The lowest BCUT2D eigenvalue weighted by atomic mass is 9.95. The van der Waals surface area contributed by atoms with Gasteiger partial charge in [0, 0.05) is 24.3 Å². The van der Waals surface area contributed by atoms with Gasteiger partial charge in [-0.25, -0.2) is 0 Å². The number of benzene rings is 2. The number of aliphatic hydroxyl groups excluding tert-OH is 1. The molecular weight excluding hydrogens is 270 g/mol. The average Bonchev–Trinajstić information content (AvgIpc) is 2.47. The molecule has 0 fully saturated rings. The van der Waals surface area contributed by atoms with Crippen LogP contribution in [0, 0.1) is 0 Å². The predicted octanol–water partition coefficient (Wildman–Crippen LogP) is 3.80. The molecule has 2 aromatic rings. The molecule has 1 unspecified atom stereocenters. The Balaban J connectivity index is 1.92. The molecule has 20 heavy (non-hydrogen) atoms. The summed E-state index contributed by atoms with van der Waals surface area (Å²) in [6, 6.07) is 13.6. The van der Waals surface area contributed by atoms with Crippen molar-refractivity contribution in [2.75, 3.05) is 18.5 Å². The van der Waals surface area contributed by atoms with Gasteiger partial charge in [-0.1, -0.05) is 35.9 Å². The molecule has 1 aliphatic rings. The highest BCUT2D eigenvalue weighted by molar-refractivity contribution is 6.30. The molecule has 0 amide bonds. The minimum Gasteiger partial charge on any atom is -0.384 e. The molecule has 0 spiro atoms. The van der Waals surface area contributed by atoms with Gasteiger partial charge in [0.15, 0.2) is 0 Å². The highest BCUT2D eigenvalue weighted by Gasteiger charge is 2.17. The van der Waals surface area contributed by atoms with Crippen molar-refractivity contribution in [3.63, 3.8) is 0 Å². The molecule has 0 saturated heterocycles. The number of fused-ring (bicyclic) bond motifs is 1. The Bertz CT molecular complexity index is 609. The average molecular weight is 288 g/mol. The molecule has 104 valence electrons. The number of halogens is 1. The molecular formula is C17H18ClNO. The molecule has 0 bridgehead atoms. The first-order chi connectivity index (χ1) is 9.65. The Hall–Kier alpha value is -1.51. The summed E-state index contributed by atoms with van der Waals surface area (Å²) >= 11 is 5.89. The topological polar surface area (TPSA) is 23.5 Å². The Morgan fingerprint density at radius 3 is 2.55 bits per heavy atom. The molecule has 0 aromatic heterocycles. The van der Waals surface area contributed by atoms with Crippen molar-refractivity contribution < 1.29 is 5.11 Å². The number of hydrogen-bond donors (Lipinski definition) is 1. The lowest BCUT2D eigenvalue weighted by molar-refractivity contribution is 0.220. The van der Waals surface area contributed by atoms with E-state index in [1.165, 1.54) is 17.7 Å². The summed E-state index contributed by atoms with van der Waals surface area (Å²) in [6.45, 7) is 1.10. The van der Waals surface area contributed by atoms with Crippen LogP contribution in [0.4, 0.5) is 5.69 Å². The molecule has 3 rings (SSSR count). The van der Waals surface area contributed by atoms with Gasteiger partial charge in [0.25, 0.3) is 0 Å². The quantitative estimate of drug-likeness (QED) is 0.908. The van der Waals surface area contributed by atoms with Crippen LogP contribution in [-0.2, 0) is 6.42 Å². The van der Waals surface area contributed by atoms with E-state index in [1.54, 1.807) is 0 Å². The van der Waals surface area contributed by atoms with Gasteiger partial charge in [0.2, 0.25) is 0 Å². The zero-order chi connectivity index (χ0) is 14.1. The fourth-order valence-electron chi connectivity index (χ4n) is 2.81. The maximum atomic E-state index is 10.5. The van der Waals surface area contributed by atoms with E-state index in [-0.39, 0.29) is 0 Å². The lowest BCUT2D eigenvalue weighted by Gasteiger charge is -2.28. The first-order valence-electron chi connectivity index (χ1n) is 6.92. The third kappa shape index (κ3) is 2.54. The van der Waals surface area contributed by atoms with E-state index in [1.807, 2.05) is 30.3 Å². The van der Waals surface area contributed by atoms with E-state index in [2.05, 4.69) is 24.1 Å². The van der Waals surface area contributed by atoms with Crippen LogP contribution in [0.3, 0.4) is 0 Å². The van der Waals surface area contributed by atoms with Gasteiger partial charge < -0.3 is 10.0 Å². The van der Waals surface area contributed by atoms with Crippen molar-refractivity contribution >= 4 is 17.3 Å². The zero-order valence-electron chi connectivity index (χ0n) is 11.5. The highest BCUT2D eigenvalue weighted by atomic mass is 35.5. The largest absolute Gasteiger partial charge is 0.384 e. The first-order valence-corrected chi connectivity index (χ1v) is 7.30. The van der Waals surface area contributed by atoms with E-state index >= 15 is 0 Å². The SMILES string of the molecule is CN1CCCc2cc(C(O)c3ccc(Cl)cc3)ccc21. The standard InChI is InChI=1S/C17H18ClNO/c1-19-10-2-3-13-11-14(6-9-16(13)19)17(20)12-4-7-15(18)8-5-12/h4-9,11,17,20H,2-3,10H2,1H3. The molecule has 1 heterocycles. The number of nitrogens with zero attached hydrogens (tertiary/aromatic N) is 1. The first kappa shape index (κ1) is 13.5.